The van der Waals surface area contributed by atoms with Gasteiger partial charge < -0.3 is 9.26 Å². The van der Waals surface area contributed by atoms with Gasteiger partial charge in [-0.15, -0.1) is 0 Å². The average molecular weight is 255 g/mol. The molecular weight excluding hydrogens is 248 g/mol. The molecular formula is C10H7ClN2O4. The number of aromatic nitrogens is 1. The Morgan fingerprint density at radius 3 is 3.00 bits per heavy atom. The maximum absolute atomic E-state index is 10.6. The van der Waals surface area contributed by atoms with Crippen LogP contribution in [-0.2, 0) is 6.61 Å². The molecule has 2 rings (SSSR count). The SMILES string of the molecule is O=[N+]([O-])c1ccc(Cl)c(OCc2cnoc2)c1. The smallest absolute Gasteiger partial charge is 0.273 e. The van der Waals surface area contributed by atoms with Gasteiger partial charge in [0.1, 0.15) is 18.6 Å². The highest BCUT2D eigenvalue weighted by Gasteiger charge is 2.11. The van der Waals surface area contributed by atoms with Gasteiger partial charge in [0.05, 0.1) is 22.2 Å². The van der Waals surface area contributed by atoms with E-state index in [1.165, 1.54) is 30.7 Å². The minimum absolute atomic E-state index is 0.0743. The van der Waals surface area contributed by atoms with Gasteiger partial charge in [0.15, 0.2) is 0 Å². The summed E-state index contributed by atoms with van der Waals surface area (Å²) in [6.45, 7) is 0.185. The number of nitro groups is 1. The molecule has 0 aliphatic rings. The summed E-state index contributed by atoms with van der Waals surface area (Å²) in [5, 5.41) is 14.4. The Balaban J connectivity index is 2.14. The largest absolute Gasteiger partial charge is 0.487 e. The monoisotopic (exact) mass is 254 g/mol. The second-order valence-corrected chi connectivity index (χ2v) is 3.60. The Bertz CT molecular complexity index is 527. The van der Waals surface area contributed by atoms with E-state index < -0.39 is 4.92 Å². The molecule has 1 heterocycles. The average Bonchev–Trinajstić information content (AvgIpc) is 2.80. The molecule has 0 aliphatic carbocycles. The van der Waals surface area contributed by atoms with E-state index >= 15 is 0 Å². The summed E-state index contributed by atoms with van der Waals surface area (Å²) in [7, 11) is 0. The van der Waals surface area contributed by atoms with Crippen LogP contribution in [0, 0.1) is 10.1 Å². The second kappa shape index (κ2) is 4.84. The van der Waals surface area contributed by atoms with Crippen molar-refractivity contribution in [1.29, 1.82) is 0 Å². The summed E-state index contributed by atoms with van der Waals surface area (Å²) in [5.74, 6) is 0.252. The molecule has 0 radical (unpaired) electrons. The molecule has 88 valence electrons. The van der Waals surface area contributed by atoms with E-state index in [1.54, 1.807) is 0 Å². The number of rotatable bonds is 4. The lowest BCUT2D eigenvalue weighted by Gasteiger charge is -2.05. The molecule has 0 unspecified atom stereocenters. The van der Waals surface area contributed by atoms with Crippen LogP contribution in [0.3, 0.4) is 0 Å². The minimum Gasteiger partial charge on any atom is -0.487 e. The van der Waals surface area contributed by atoms with Crippen LogP contribution in [0.15, 0.2) is 35.2 Å². The third-order valence-corrected chi connectivity index (χ3v) is 2.32. The number of halogens is 1. The van der Waals surface area contributed by atoms with Gasteiger partial charge in [0.25, 0.3) is 5.69 Å². The predicted molar refractivity (Wildman–Crippen MR) is 58.9 cm³/mol. The van der Waals surface area contributed by atoms with Gasteiger partial charge in [-0.2, -0.15) is 0 Å². The Hall–Kier alpha value is -2.08. The third-order valence-electron chi connectivity index (χ3n) is 2.00. The van der Waals surface area contributed by atoms with Gasteiger partial charge in [0.2, 0.25) is 0 Å². The molecule has 17 heavy (non-hydrogen) atoms. The quantitative estimate of drug-likeness (QED) is 0.619. The maximum Gasteiger partial charge on any atom is 0.273 e. The van der Waals surface area contributed by atoms with E-state index in [1.807, 2.05) is 0 Å². The summed E-state index contributed by atoms with van der Waals surface area (Å²) in [6, 6.07) is 4.01. The van der Waals surface area contributed by atoms with Gasteiger partial charge in [-0.25, -0.2) is 0 Å². The van der Waals surface area contributed by atoms with E-state index in [2.05, 4.69) is 9.68 Å². The number of non-ortho nitro benzene ring substituents is 1. The van der Waals surface area contributed by atoms with Crippen LogP contribution < -0.4 is 4.74 Å². The van der Waals surface area contributed by atoms with E-state index in [4.69, 9.17) is 16.3 Å². The molecule has 0 bridgehead atoms. The number of benzene rings is 1. The van der Waals surface area contributed by atoms with Gasteiger partial charge >= 0.3 is 0 Å². The Morgan fingerprint density at radius 2 is 2.35 bits per heavy atom. The van der Waals surface area contributed by atoms with Gasteiger partial charge in [-0.1, -0.05) is 16.8 Å². The zero-order valence-electron chi connectivity index (χ0n) is 8.50. The summed E-state index contributed by atoms with van der Waals surface area (Å²) < 4.78 is 9.96. The maximum atomic E-state index is 10.6. The number of ether oxygens (including phenoxy) is 1. The first-order valence-corrected chi connectivity index (χ1v) is 4.99. The van der Waals surface area contributed by atoms with Crippen molar-refractivity contribution in [2.45, 2.75) is 6.61 Å². The van der Waals surface area contributed by atoms with Gasteiger partial charge in [0, 0.05) is 11.6 Å². The van der Waals surface area contributed by atoms with Crippen LogP contribution in [0.25, 0.3) is 0 Å². The molecule has 2 aromatic rings. The number of nitro benzene ring substituents is 1. The zero-order valence-corrected chi connectivity index (χ0v) is 9.26. The van der Waals surface area contributed by atoms with Crippen molar-refractivity contribution in [3.8, 4) is 5.75 Å². The molecule has 0 atom stereocenters. The highest BCUT2D eigenvalue weighted by molar-refractivity contribution is 6.32. The summed E-state index contributed by atoms with van der Waals surface area (Å²) in [6.07, 6.45) is 2.91. The lowest BCUT2D eigenvalue weighted by atomic mass is 10.3. The molecule has 0 saturated heterocycles. The van der Waals surface area contributed by atoms with Crippen molar-refractivity contribution in [1.82, 2.24) is 5.16 Å². The third kappa shape index (κ3) is 2.73. The van der Waals surface area contributed by atoms with Gasteiger partial charge in [-0.05, 0) is 6.07 Å². The van der Waals surface area contributed by atoms with E-state index in [0.717, 1.165) is 0 Å². The molecule has 6 nitrogen and oxygen atoms in total. The number of hydrogen-bond acceptors (Lipinski definition) is 5. The highest BCUT2D eigenvalue weighted by atomic mass is 35.5. The van der Waals surface area contributed by atoms with Crippen molar-refractivity contribution < 1.29 is 14.2 Å². The van der Waals surface area contributed by atoms with Crippen LogP contribution in [0.1, 0.15) is 5.56 Å². The van der Waals surface area contributed by atoms with E-state index in [9.17, 15) is 10.1 Å². The first-order valence-electron chi connectivity index (χ1n) is 4.62. The second-order valence-electron chi connectivity index (χ2n) is 3.19. The van der Waals surface area contributed by atoms with Gasteiger partial charge in [-0.3, -0.25) is 10.1 Å². The van der Waals surface area contributed by atoms with Crippen LogP contribution in [0.2, 0.25) is 5.02 Å². The standard InChI is InChI=1S/C10H7ClN2O4/c11-9-2-1-8(13(14)15)3-10(9)16-5-7-4-12-17-6-7/h1-4,6H,5H2. The van der Waals surface area contributed by atoms with Crippen molar-refractivity contribution in [3.63, 3.8) is 0 Å². The fourth-order valence-electron chi connectivity index (χ4n) is 1.18. The van der Waals surface area contributed by atoms with Crippen molar-refractivity contribution in [2.24, 2.45) is 0 Å². The van der Waals surface area contributed by atoms with Crippen molar-refractivity contribution in [3.05, 3.63) is 51.4 Å². The lowest BCUT2D eigenvalue weighted by Crippen LogP contribution is -1.96. The number of nitrogens with zero attached hydrogens (tertiary/aromatic N) is 2. The van der Waals surface area contributed by atoms with Crippen LogP contribution in [0.4, 0.5) is 5.69 Å². The summed E-state index contributed by atoms with van der Waals surface area (Å²) >= 11 is 5.85. The molecule has 7 heteroatoms. The fourth-order valence-corrected chi connectivity index (χ4v) is 1.35. The molecule has 0 saturated carbocycles. The molecule has 1 aromatic heterocycles. The highest BCUT2D eigenvalue weighted by Crippen LogP contribution is 2.29. The van der Waals surface area contributed by atoms with Crippen molar-refractivity contribution >= 4 is 17.3 Å². The van der Waals surface area contributed by atoms with Crippen LogP contribution in [-0.4, -0.2) is 10.1 Å². The normalized spacial score (nSPS) is 10.2. The molecule has 0 amide bonds. The first kappa shape index (κ1) is 11.4. The van der Waals surface area contributed by atoms with Crippen LogP contribution in [0.5, 0.6) is 5.75 Å². The fraction of sp³-hybridized carbons (Fsp3) is 0.100. The predicted octanol–water partition coefficient (Wildman–Crippen LogP) is 2.82. The topological polar surface area (TPSA) is 78.4 Å². The van der Waals surface area contributed by atoms with E-state index in [0.29, 0.717) is 10.6 Å². The Kier molecular flexibility index (Phi) is 3.24. The molecule has 0 N–H and O–H groups in total. The molecule has 0 fully saturated rings. The minimum atomic E-state index is -0.511. The lowest BCUT2D eigenvalue weighted by molar-refractivity contribution is -0.384. The molecule has 0 aliphatic heterocycles. The number of hydrogen-bond donors (Lipinski definition) is 0. The zero-order chi connectivity index (χ0) is 12.3. The Labute approximate surface area is 101 Å². The summed E-state index contributed by atoms with van der Waals surface area (Å²) in [5.41, 5.74) is 0.641. The van der Waals surface area contributed by atoms with Crippen molar-refractivity contribution in [2.75, 3.05) is 0 Å². The van der Waals surface area contributed by atoms with Crippen LogP contribution >= 0.6 is 11.6 Å². The molecule has 1 aromatic carbocycles. The summed E-state index contributed by atoms with van der Waals surface area (Å²) in [4.78, 5) is 10.1. The Morgan fingerprint density at radius 1 is 1.53 bits per heavy atom. The van der Waals surface area contributed by atoms with E-state index in [-0.39, 0.29) is 18.0 Å². The first-order chi connectivity index (χ1) is 8.16. The molecule has 0 spiro atoms.